The van der Waals surface area contributed by atoms with Crippen LogP contribution in [0.2, 0.25) is 0 Å². The SMILES string of the molecule is COc1cc(-c2cc3c(-c4ccc(O[C@H]5CCN(C(=O)CO)C[C@H]5F)c(C#N)c4)nccc3[nH]2)ccc1N1CCN(C2COC2)CC1.N#Cc1cc(-c2nccc3[nH]ccc23)ccc1OC1CCOCC1.N#Cc1cc(-c2ncnc3c2C=C(c2cncc(N)n2)C3)ccc1OC1CCOCC1. The molecule has 0 saturated carbocycles. The predicted octanol–water partition coefficient (Wildman–Crippen LogP) is 10.3. The number of aromatic nitrogens is 8. The number of amides is 1. The summed E-state index contributed by atoms with van der Waals surface area (Å²) in [6.45, 7) is 7.78. The maximum Gasteiger partial charge on any atom is 0.248 e. The third kappa shape index (κ3) is 14.9. The van der Waals surface area contributed by atoms with E-state index in [0.717, 1.165) is 160 Å². The monoisotopic (exact) mass is 1370 g/mol. The molecule has 5 N–H and O–H groups in total. The van der Waals surface area contributed by atoms with Gasteiger partial charge < -0.3 is 63.8 Å². The first-order chi connectivity index (χ1) is 50.0. The van der Waals surface area contributed by atoms with Crippen molar-refractivity contribution < 1.29 is 47.4 Å². The number of methoxy groups -OCH3 is 1. The summed E-state index contributed by atoms with van der Waals surface area (Å²) in [7, 11) is 1.70. The molecule has 0 radical (unpaired) electrons. The number of aliphatic hydroxyl groups is 1. The minimum Gasteiger partial charge on any atom is -0.495 e. The van der Waals surface area contributed by atoms with E-state index in [-0.39, 0.29) is 43.0 Å². The Morgan fingerprint density at radius 1 is 0.667 bits per heavy atom. The maximum atomic E-state index is 14.9. The first-order valence-electron chi connectivity index (χ1n) is 34.1. The quantitative estimate of drug-likeness (QED) is 0.0741. The van der Waals surface area contributed by atoms with E-state index >= 15 is 0 Å². The number of nitriles is 3. The summed E-state index contributed by atoms with van der Waals surface area (Å²) in [6, 6.07) is 37.9. The minimum atomic E-state index is -1.44. The molecule has 6 aliphatic rings. The van der Waals surface area contributed by atoms with Gasteiger partial charge in [-0.25, -0.2) is 19.3 Å². The van der Waals surface area contributed by atoms with Gasteiger partial charge in [0.05, 0.1) is 123 Å². The Morgan fingerprint density at radius 3 is 1.88 bits per heavy atom. The zero-order valence-corrected chi connectivity index (χ0v) is 56.1. The lowest BCUT2D eigenvalue weighted by atomic mass is 10.0. The van der Waals surface area contributed by atoms with Crippen LogP contribution >= 0.6 is 0 Å². The van der Waals surface area contributed by atoms with Crippen molar-refractivity contribution in [3.63, 3.8) is 0 Å². The number of nitrogens with zero attached hydrogens (tertiary/aromatic N) is 12. The second-order valence-corrected chi connectivity index (χ2v) is 25.5. The summed E-state index contributed by atoms with van der Waals surface area (Å²) < 4.78 is 54.9. The van der Waals surface area contributed by atoms with Crippen molar-refractivity contribution in [1.29, 1.82) is 15.8 Å². The number of alkyl halides is 1. The molecule has 0 unspecified atom stereocenters. The van der Waals surface area contributed by atoms with Gasteiger partial charge in [0.15, 0.2) is 6.17 Å². The lowest BCUT2D eigenvalue weighted by Crippen LogP contribution is -2.56. The molecular formula is C77H74FN15O9. The molecule has 4 aromatic carbocycles. The Morgan fingerprint density at radius 2 is 1.28 bits per heavy atom. The number of carbonyl (C=O) groups is 1. The van der Waals surface area contributed by atoms with E-state index in [2.05, 4.69) is 92.1 Å². The number of nitrogen functional groups attached to an aromatic ring is 1. The van der Waals surface area contributed by atoms with E-state index in [1.807, 2.05) is 72.9 Å². The number of halogens is 1. The molecule has 2 atom stereocenters. The van der Waals surface area contributed by atoms with E-state index in [9.17, 15) is 25.0 Å². The summed E-state index contributed by atoms with van der Waals surface area (Å²) >= 11 is 0. The first-order valence-corrected chi connectivity index (χ1v) is 34.1. The maximum absolute atomic E-state index is 14.9. The summed E-state index contributed by atoms with van der Waals surface area (Å²) in [6.07, 6.45) is 14.4. The second kappa shape index (κ2) is 31.0. The summed E-state index contributed by atoms with van der Waals surface area (Å²) in [4.78, 5) is 51.2. The number of carbonyl (C=O) groups excluding carboxylic acids is 1. The zero-order chi connectivity index (χ0) is 70.1. The predicted molar refractivity (Wildman–Crippen MR) is 380 cm³/mol. The number of nitrogens with one attached hydrogen (secondary N) is 2. The van der Waals surface area contributed by atoms with Crippen molar-refractivity contribution in [1.82, 2.24) is 49.7 Å². The van der Waals surface area contributed by atoms with Crippen molar-refractivity contribution in [3.8, 4) is 86.2 Å². The van der Waals surface area contributed by atoms with Crippen molar-refractivity contribution >= 4 is 50.9 Å². The van der Waals surface area contributed by atoms with Crippen molar-refractivity contribution in [2.24, 2.45) is 0 Å². The Hall–Kier alpha value is -11.4. The number of ether oxygens (including phenoxy) is 7. The fourth-order valence-corrected chi connectivity index (χ4v) is 13.6. The summed E-state index contributed by atoms with van der Waals surface area (Å²) in [5.74, 6) is 2.18. The Kier molecular flexibility index (Phi) is 20.6. The molecule has 6 aromatic heterocycles. The van der Waals surface area contributed by atoms with Crippen molar-refractivity contribution in [3.05, 3.63) is 168 Å². The Balaban J connectivity index is 0.000000138. The first kappa shape index (κ1) is 67.8. The molecule has 0 bridgehead atoms. The van der Waals surface area contributed by atoms with Crippen LogP contribution in [0, 0.1) is 34.0 Å². The number of likely N-dealkylation sites (tertiary alicyclic amines) is 1. The van der Waals surface area contributed by atoms with Crippen molar-refractivity contribution in [2.75, 3.05) is 103 Å². The molecule has 5 fully saturated rings. The third-order valence-electron chi connectivity index (χ3n) is 19.2. The van der Waals surface area contributed by atoms with Gasteiger partial charge >= 0.3 is 0 Å². The Bertz CT molecular complexity index is 4870. The fraction of sp³-hybridized carbons (Fsp3) is 0.325. The van der Waals surface area contributed by atoms with Crippen LogP contribution in [0.4, 0.5) is 15.9 Å². The molecule has 5 aliphatic heterocycles. The highest BCUT2D eigenvalue weighted by molar-refractivity contribution is 5.97. The molecule has 518 valence electrons. The molecule has 11 heterocycles. The molecule has 1 amide bonds. The number of nitrogens with two attached hydrogens (primary N) is 1. The molecule has 5 saturated heterocycles. The summed E-state index contributed by atoms with van der Waals surface area (Å²) in [5.41, 5.74) is 20.3. The molecule has 16 rings (SSSR count). The number of hydrogen-bond acceptors (Lipinski definition) is 21. The van der Waals surface area contributed by atoms with Gasteiger partial charge in [0.25, 0.3) is 0 Å². The fourth-order valence-electron chi connectivity index (χ4n) is 13.6. The average molecular weight is 1370 g/mol. The van der Waals surface area contributed by atoms with Gasteiger partial charge in [-0.2, -0.15) is 15.8 Å². The van der Waals surface area contributed by atoms with Crippen LogP contribution in [-0.4, -0.2) is 184 Å². The van der Waals surface area contributed by atoms with E-state index < -0.39 is 24.8 Å². The minimum absolute atomic E-state index is 0.0694. The van der Waals surface area contributed by atoms with E-state index in [4.69, 9.17) is 44.0 Å². The van der Waals surface area contributed by atoms with Gasteiger partial charge in [-0.05, 0) is 103 Å². The molecule has 102 heavy (non-hydrogen) atoms. The van der Waals surface area contributed by atoms with Gasteiger partial charge in [0.2, 0.25) is 5.91 Å². The van der Waals surface area contributed by atoms with E-state index in [0.29, 0.717) is 73.0 Å². The van der Waals surface area contributed by atoms with Gasteiger partial charge in [-0.3, -0.25) is 24.6 Å². The third-order valence-corrected chi connectivity index (χ3v) is 19.2. The largest absolute Gasteiger partial charge is 0.495 e. The lowest BCUT2D eigenvalue weighted by Gasteiger charge is -2.43. The molecule has 1 aliphatic carbocycles. The van der Waals surface area contributed by atoms with E-state index in [1.165, 1.54) is 11.1 Å². The highest BCUT2D eigenvalue weighted by Gasteiger charge is 2.34. The van der Waals surface area contributed by atoms with Crippen LogP contribution in [0.3, 0.4) is 0 Å². The van der Waals surface area contributed by atoms with Gasteiger partial charge in [0.1, 0.15) is 78.3 Å². The number of pyridine rings is 2. The standard InChI is InChI=1S/C35H37FN6O5.C23H20N6O2.C19H17N3O2/c1-45-33-15-22(2-4-30(33)41-12-10-40(11-13-41)25-20-46-21-25)29-16-26-28(39-29)6-8-38-35(26)23-3-5-31(24(14-23)17-37)47-32-7-9-42(18-27(32)36)34(44)19-43;24-10-16-7-14(1-2-21(16)31-17-3-5-30-6-4-17)23-18-8-15(9-19(18)27-13-28-23)20-11-26-12-22(25)29-20;20-12-14-11-13(19-16-3-7-21-17(16)4-8-22-19)1-2-18(14)24-15-5-9-23-10-6-15/h2-6,8,14-16,25,27,32,39,43H,7,9-13,18-21H2,1H3;1-2,7-8,11-13,17H,3-6,9H2,(H2,25,29);1-4,7-8,11,15,21H,5-6,9-10H2/t27-,32+;;/m1../s1. The number of H-pyrrole nitrogens is 2. The number of hydrogen-bond donors (Lipinski definition) is 4. The normalized spacial score (nSPS) is 17.9. The molecule has 0 spiro atoms. The van der Waals surface area contributed by atoms with Crippen LogP contribution in [0.15, 0.2) is 134 Å². The number of aromatic amines is 2. The average Bonchev–Trinajstić information content (AvgIpc) is 1.60. The van der Waals surface area contributed by atoms with Crippen LogP contribution in [0.25, 0.3) is 78.5 Å². The number of rotatable bonds is 15. The Labute approximate surface area is 587 Å². The number of piperazine rings is 1. The smallest absolute Gasteiger partial charge is 0.248 e. The van der Waals surface area contributed by atoms with Crippen molar-refractivity contribution in [2.45, 2.75) is 69.1 Å². The number of piperidine rings is 1. The number of anilines is 2. The van der Waals surface area contributed by atoms with Crippen LogP contribution < -0.4 is 29.6 Å². The van der Waals surface area contributed by atoms with Crippen LogP contribution in [0.1, 0.15) is 65.7 Å². The topological polar surface area (TPSA) is 318 Å². The number of fused-ring (bicyclic) bond motifs is 3. The van der Waals surface area contributed by atoms with Gasteiger partial charge in [-0.15, -0.1) is 0 Å². The number of benzene rings is 4. The number of aliphatic hydroxyl groups excluding tert-OH is 1. The molecule has 24 nitrogen and oxygen atoms in total. The highest BCUT2D eigenvalue weighted by atomic mass is 19.1. The van der Waals surface area contributed by atoms with E-state index in [1.54, 1.807) is 44.2 Å². The zero-order valence-electron chi connectivity index (χ0n) is 56.1. The summed E-state index contributed by atoms with van der Waals surface area (Å²) in [5, 5.41) is 40.2. The second-order valence-electron chi connectivity index (χ2n) is 25.5. The van der Waals surface area contributed by atoms with Crippen LogP contribution in [0.5, 0.6) is 23.0 Å². The van der Waals surface area contributed by atoms with Gasteiger partial charge in [-0.1, -0.05) is 6.07 Å². The number of allylic oxidation sites excluding steroid dienone is 1. The highest BCUT2D eigenvalue weighted by Crippen LogP contribution is 2.40. The lowest BCUT2D eigenvalue weighted by molar-refractivity contribution is -0.138. The molecular weight excluding hydrogens is 1300 g/mol. The van der Waals surface area contributed by atoms with Gasteiger partial charge in [0, 0.05) is 145 Å². The molecule has 25 heteroatoms. The molecule has 10 aromatic rings. The van der Waals surface area contributed by atoms with Crippen LogP contribution in [-0.2, 0) is 25.4 Å².